The first-order valence-electron chi connectivity index (χ1n) is 11.9. The van der Waals surface area contributed by atoms with Crippen LogP contribution in [0.15, 0.2) is 108 Å². The highest BCUT2D eigenvalue weighted by Gasteiger charge is 2.31. The van der Waals surface area contributed by atoms with E-state index in [2.05, 4.69) is 10.1 Å². The van der Waals surface area contributed by atoms with Crippen LogP contribution in [0.25, 0.3) is 11.1 Å². The normalized spacial score (nSPS) is 11.0. The molecular formula is C30H22F3NO5S. The summed E-state index contributed by atoms with van der Waals surface area (Å²) in [6.07, 6.45) is -4.81. The number of thioether (sulfide) groups is 1. The molecule has 4 aromatic rings. The summed E-state index contributed by atoms with van der Waals surface area (Å²) in [6.45, 7) is -0.447. The van der Waals surface area contributed by atoms with Crippen LogP contribution in [-0.2, 0) is 9.53 Å². The van der Waals surface area contributed by atoms with Gasteiger partial charge in [0.05, 0.1) is 11.3 Å². The Kier molecular flexibility index (Phi) is 9.23. The fraction of sp³-hybridized carbons (Fsp3) is 0.100. The van der Waals surface area contributed by atoms with E-state index >= 15 is 0 Å². The molecule has 0 saturated heterocycles. The van der Waals surface area contributed by atoms with E-state index in [-0.39, 0.29) is 22.8 Å². The molecule has 0 radical (unpaired) electrons. The summed E-state index contributed by atoms with van der Waals surface area (Å²) in [5, 5.41) is 2.57. The average Bonchev–Trinajstić information content (AvgIpc) is 2.95. The molecule has 1 N–H and O–H groups in total. The fourth-order valence-corrected chi connectivity index (χ4v) is 4.45. The minimum absolute atomic E-state index is 0.0855. The first-order chi connectivity index (χ1) is 19.2. The van der Waals surface area contributed by atoms with Crippen LogP contribution in [0.3, 0.4) is 0 Å². The van der Waals surface area contributed by atoms with Gasteiger partial charge in [-0.1, -0.05) is 66.7 Å². The summed E-state index contributed by atoms with van der Waals surface area (Å²) < 4.78 is 45.9. The number of hydrogen-bond acceptors (Lipinski definition) is 6. The lowest BCUT2D eigenvalue weighted by atomic mass is 10.0. The Labute approximate surface area is 232 Å². The van der Waals surface area contributed by atoms with Gasteiger partial charge in [-0.15, -0.1) is 24.9 Å². The maximum atomic E-state index is 12.7. The summed E-state index contributed by atoms with van der Waals surface area (Å²) in [4.78, 5) is 38.2. The number of amides is 1. The quantitative estimate of drug-likeness (QED) is 0.126. The molecule has 0 aliphatic carbocycles. The molecule has 0 atom stereocenters. The Morgan fingerprint density at radius 1 is 0.750 bits per heavy atom. The molecule has 6 nitrogen and oxygen atoms in total. The number of anilines is 1. The van der Waals surface area contributed by atoms with Crippen molar-refractivity contribution in [1.29, 1.82) is 0 Å². The number of alkyl halides is 3. The van der Waals surface area contributed by atoms with Crippen molar-refractivity contribution in [3.8, 4) is 16.9 Å². The molecule has 0 saturated carbocycles. The van der Waals surface area contributed by atoms with Crippen LogP contribution in [0.1, 0.15) is 20.7 Å². The third kappa shape index (κ3) is 8.21. The number of ether oxygens (including phenoxy) is 2. The molecule has 10 heteroatoms. The summed E-state index contributed by atoms with van der Waals surface area (Å²) in [6, 6.07) is 27.9. The number of esters is 1. The summed E-state index contributed by atoms with van der Waals surface area (Å²) in [5.74, 6) is -2.00. The van der Waals surface area contributed by atoms with Crippen LogP contribution in [0.4, 0.5) is 18.9 Å². The highest BCUT2D eigenvalue weighted by atomic mass is 32.2. The first-order valence-corrected chi connectivity index (χ1v) is 12.9. The highest BCUT2D eigenvalue weighted by molar-refractivity contribution is 8.00. The van der Waals surface area contributed by atoms with Gasteiger partial charge in [0.25, 0.3) is 0 Å². The molecular weight excluding hydrogens is 543 g/mol. The van der Waals surface area contributed by atoms with Gasteiger partial charge in [0.1, 0.15) is 5.75 Å². The Bertz CT molecular complexity index is 1470. The molecule has 4 rings (SSSR count). The van der Waals surface area contributed by atoms with Gasteiger partial charge in [-0.2, -0.15) is 0 Å². The topological polar surface area (TPSA) is 81.7 Å². The van der Waals surface area contributed by atoms with Crippen LogP contribution in [0.2, 0.25) is 0 Å². The minimum Gasteiger partial charge on any atom is -0.454 e. The molecule has 0 fully saturated rings. The number of carbonyl (C=O) groups excluding carboxylic acids is 3. The third-order valence-corrected chi connectivity index (χ3v) is 6.56. The second kappa shape index (κ2) is 13.0. The minimum atomic E-state index is -4.81. The second-order valence-electron chi connectivity index (χ2n) is 8.35. The molecule has 0 spiro atoms. The SMILES string of the molecule is O=C(CSc1ccccc1C(=O)OCC(=O)c1ccc(-c2ccccc2)cc1)Nc1ccc(OC(F)(F)F)cc1. The van der Waals surface area contributed by atoms with E-state index in [9.17, 15) is 27.6 Å². The Morgan fingerprint density at radius 3 is 2.05 bits per heavy atom. The molecule has 0 unspecified atom stereocenters. The maximum absolute atomic E-state index is 12.7. The maximum Gasteiger partial charge on any atom is 0.573 e. The van der Waals surface area contributed by atoms with Crippen molar-refractivity contribution in [3.05, 3.63) is 114 Å². The van der Waals surface area contributed by atoms with Gasteiger partial charge >= 0.3 is 12.3 Å². The van der Waals surface area contributed by atoms with E-state index in [1.807, 2.05) is 42.5 Å². The van der Waals surface area contributed by atoms with Crippen molar-refractivity contribution in [3.63, 3.8) is 0 Å². The van der Waals surface area contributed by atoms with Crippen molar-refractivity contribution < 1.29 is 37.0 Å². The standard InChI is InChI=1S/C30H22F3NO5S/c31-30(32,33)39-24-16-14-23(15-17-24)34-28(36)19-40-27-9-5-4-8-25(27)29(37)38-18-26(35)22-12-10-21(11-13-22)20-6-2-1-3-7-20/h1-17H,18-19H2,(H,34,36). The van der Waals surface area contributed by atoms with E-state index in [0.717, 1.165) is 35.0 Å². The fourth-order valence-electron chi connectivity index (χ4n) is 3.61. The van der Waals surface area contributed by atoms with Crippen LogP contribution in [-0.4, -0.2) is 36.4 Å². The summed E-state index contributed by atoms with van der Waals surface area (Å²) in [7, 11) is 0. The number of nitrogens with one attached hydrogen (secondary N) is 1. The lowest BCUT2D eigenvalue weighted by molar-refractivity contribution is -0.274. The summed E-state index contributed by atoms with van der Waals surface area (Å²) in [5.41, 5.74) is 2.86. The van der Waals surface area contributed by atoms with Gasteiger partial charge in [-0.25, -0.2) is 4.79 Å². The van der Waals surface area contributed by atoms with Gasteiger partial charge in [0.2, 0.25) is 5.91 Å². The lowest BCUT2D eigenvalue weighted by Crippen LogP contribution is -2.17. The van der Waals surface area contributed by atoms with E-state index in [4.69, 9.17) is 4.74 Å². The van der Waals surface area contributed by atoms with Crippen LogP contribution >= 0.6 is 11.8 Å². The van der Waals surface area contributed by atoms with Crippen molar-refractivity contribution in [2.75, 3.05) is 17.7 Å². The zero-order valence-electron chi connectivity index (χ0n) is 20.8. The molecule has 204 valence electrons. The van der Waals surface area contributed by atoms with Gasteiger partial charge in [-0.05, 0) is 47.5 Å². The summed E-state index contributed by atoms with van der Waals surface area (Å²) >= 11 is 1.07. The number of carbonyl (C=O) groups is 3. The largest absolute Gasteiger partial charge is 0.573 e. The van der Waals surface area contributed by atoms with Crippen LogP contribution in [0.5, 0.6) is 5.75 Å². The van der Waals surface area contributed by atoms with Crippen LogP contribution < -0.4 is 10.1 Å². The van der Waals surface area contributed by atoms with Gasteiger partial charge < -0.3 is 14.8 Å². The van der Waals surface area contributed by atoms with Crippen molar-refractivity contribution in [2.24, 2.45) is 0 Å². The average molecular weight is 566 g/mol. The predicted octanol–water partition coefficient (Wildman–Crippen LogP) is 7.02. The van der Waals surface area contributed by atoms with Gasteiger partial charge in [0.15, 0.2) is 12.4 Å². The number of benzene rings is 4. The van der Waals surface area contributed by atoms with Crippen molar-refractivity contribution in [2.45, 2.75) is 11.3 Å². The monoisotopic (exact) mass is 565 g/mol. The first kappa shape index (κ1) is 28.4. The zero-order valence-corrected chi connectivity index (χ0v) is 21.6. The molecule has 0 bridgehead atoms. The predicted molar refractivity (Wildman–Crippen MR) is 145 cm³/mol. The van der Waals surface area contributed by atoms with E-state index in [1.165, 1.54) is 18.2 Å². The van der Waals surface area contributed by atoms with Gasteiger partial charge in [0, 0.05) is 16.1 Å². The second-order valence-corrected chi connectivity index (χ2v) is 9.37. The molecule has 4 aromatic carbocycles. The van der Waals surface area contributed by atoms with Crippen molar-refractivity contribution in [1.82, 2.24) is 0 Å². The Morgan fingerprint density at radius 2 is 1.38 bits per heavy atom. The number of ketones is 1. The van der Waals surface area contributed by atoms with E-state index in [1.54, 1.807) is 30.3 Å². The Balaban J connectivity index is 1.29. The molecule has 1 amide bonds. The van der Waals surface area contributed by atoms with E-state index in [0.29, 0.717) is 10.5 Å². The highest BCUT2D eigenvalue weighted by Crippen LogP contribution is 2.26. The van der Waals surface area contributed by atoms with E-state index < -0.39 is 30.6 Å². The third-order valence-electron chi connectivity index (χ3n) is 5.49. The van der Waals surface area contributed by atoms with Crippen LogP contribution in [0, 0.1) is 0 Å². The van der Waals surface area contributed by atoms with Crippen molar-refractivity contribution >= 4 is 35.1 Å². The molecule has 0 aliphatic heterocycles. The zero-order chi connectivity index (χ0) is 28.5. The molecule has 0 aliphatic rings. The number of halogens is 3. The molecule has 0 heterocycles. The smallest absolute Gasteiger partial charge is 0.454 e. The number of Topliss-reactive ketones (excluding diaryl/α,β-unsaturated/α-hetero) is 1. The number of rotatable bonds is 10. The molecule has 40 heavy (non-hydrogen) atoms. The molecule has 0 aromatic heterocycles. The van der Waals surface area contributed by atoms with Gasteiger partial charge in [-0.3, -0.25) is 9.59 Å². The Hall–Kier alpha value is -4.57. The number of hydrogen-bond donors (Lipinski definition) is 1. The lowest BCUT2D eigenvalue weighted by Gasteiger charge is -2.11.